The first-order chi connectivity index (χ1) is 15.7. The van der Waals surface area contributed by atoms with Crippen LogP contribution in [0.25, 0.3) is 11.3 Å². The number of fused-ring (bicyclic) bond motifs is 1. The summed E-state index contributed by atoms with van der Waals surface area (Å²) in [6.45, 7) is 4.54. The van der Waals surface area contributed by atoms with Crippen molar-refractivity contribution in [3.8, 4) is 23.1 Å². The Labute approximate surface area is 201 Å². The van der Waals surface area contributed by atoms with Crippen LogP contribution in [0.4, 0.5) is 10.7 Å². The lowest BCUT2D eigenvalue weighted by molar-refractivity contribution is 0.201. The zero-order chi connectivity index (χ0) is 23.8. The summed E-state index contributed by atoms with van der Waals surface area (Å²) < 4.78 is 6.01. The molecule has 170 valence electrons. The van der Waals surface area contributed by atoms with Crippen LogP contribution in [0.5, 0.6) is 5.75 Å². The highest BCUT2D eigenvalue weighted by Gasteiger charge is 2.31. The average molecular weight is 485 g/mol. The summed E-state index contributed by atoms with van der Waals surface area (Å²) in [7, 11) is 0. The maximum Gasteiger partial charge on any atom is 0.322 e. The maximum atomic E-state index is 12.7. The first-order valence-corrected chi connectivity index (χ1v) is 11.1. The number of carbonyl (C=O) groups excluding carboxylic acids is 1. The van der Waals surface area contributed by atoms with E-state index in [0.29, 0.717) is 39.2 Å². The standard InChI is InChI=1S/C23H22Cl2N6O2/c1-23(2,12-26)6-7-33-18-9-13(24)8-16(25)19(18)20-15-10-31(11-17(15)29-21(27)30-20)22(32)28-14-4-3-5-14/h3-5,8-9H,6-7,10-11H2,1-2H3,(H,28,32)(H2,27,29,30). The van der Waals surface area contributed by atoms with E-state index in [4.69, 9.17) is 33.7 Å². The van der Waals surface area contributed by atoms with Gasteiger partial charge in [0.15, 0.2) is 0 Å². The number of nitrogen functional groups attached to an aromatic ring is 1. The second-order valence-electron chi connectivity index (χ2n) is 8.48. The molecule has 1 aromatic heterocycles. The molecule has 0 atom stereocenters. The predicted octanol–water partition coefficient (Wildman–Crippen LogP) is 4.83. The molecule has 2 aliphatic rings. The first kappa shape index (κ1) is 22.9. The van der Waals surface area contributed by atoms with Crippen LogP contribution in [0.1, 0.15) is 31.5 Å². The van der Waals surface area contributed by atoms with Gasteiger partial charge in [-0.3, -0.25) is 0 Å². The van der Waals surface area contributed by atoms with Crippen LogP contribution < -0.4 is 15.8 Å². The molecular formula is C23H22Cl2N6O2. The number of nitrogens with one attached hydrogen (secondary N) is 1. The molecule has 1 aromatic carbocycles. The molecule has 0 saturated carbocycles. The highest BCUT2D eigenvalue weighted by atomic mass is 35.5. The Morgan fingerprint density at radius 2 is 2.09 bits per heavy atom. The first-order valence-electron chi connectivity index (χ1n) is 10.3. The van der Waals surface area contributed by atoms with Crippen LogP contribution in [0, 0.1) is 16.7 Å². The molecule has 1 aliphatic heterocycles. The molecule has 33 heavy (non-hydrogen) atoms. The predicted molar refractivity (Wildman–Crippen MR) is 126 cm³/mol. The van der Waals surface area contributed by atoms with E-state index in [1.54, 1.807) is 17.0 Å². The van der Waals surface area contributed by atoms with Crippen LogP contribution in [0.2, 0.25) is 10.0 Å². The molecule has 10 heteroatoms. The molecule has 8 nitrogen and oxygen atoms in total. The second kappa shape index (κ2) is 8.93. The van der Waals surface area contributed by atoms with E-state index in [1.807, 2.05) is 32.1 Å². The zero-order valence-electron chi connectivity index (χ0n) is 18.2. The van der Waals surface area contributed by atoms with Crippen molar-refractivity contribution in [1.82, 2.24) is 20.2 Å². The van der Waals surface area contributed by atoms with Crippen molar-refractivity contribution in [1.29, 1.82) is 5.26 Å². The molecule has 2 amide bonds. The second-order valence-corrected chi connectivity index (χ2v) is 9.32. The Hall–Kier alpha value is -3.28. The van der Waals surface area contributed by atoms with Gasteiger partial charge in [-0.1, -0.05) is 29.3 Å². The van der Waals surface area contributed by atoms with E-state index in [0.717, 1.165) is 11.3 Å². The van der Waals surface area contributed by atoms with Gasteiger partial charge >= 0.3 is 6.03 Å². The Bertz CT molecular complexity index is 1230. The third-order valence-electron chi connectivity index (χ3n) is 5.43. The van der Waals surface area contributed by atoms with Gasteiger partial charge in [-0.2, -0.15) is 5.26 Å². The molecule has 2 aromatic rings. The van der Waals surface area contributed by atoms with Gasteiger partial charge in [0.05, 0.1) is 53.2 Å². The number of nitriles is 1. The summed E-state index contributed by atoms with van der Waals surface area (Å²) in [6, 6.07) is 5.27. The van der Waals surface area contributed by atoms with Gasteiger partial charge < -0.3 is 20.7 Å². The molecule has 1 aliphatic carbocycles. The summed E-state index contributed by atoms with van der Waals surface area (Å²) in [6.07, 6.45) is 5.99. The number of urea groups is 1. The van der Waals surface area contributed by atoms with Crippen LogP contribution in [0.3, 0.4) is 0 Å². The Balaban J connectivity index is 1.66. The number of carbonyl (C=O) groups is 1. The molecule has 0 unspecified atom stereocenters. The van der Waals surface area contributed by atoms with Crippen molar-refractivity contribution in [2.45, 2.75) is 33.4 Å². The number of ether oxygens (including phenoxy) is 1. The lowest BCUT2D eigenvalue weighted by atomic mass is 9.92. The van der Waals surface area contributed by atoms with E-state index >= 15 is 0 Å². The number of halogens is 2. The largest absolute Gasteiger partial charge is 0.493 e. The fourth-order valence-corrected chi connectivity index (χ4v) is 4.03. The molecule has 0 radical (unpaired) electrons. The summed E-state index contributed by atoms with van der Waals surface area (Å²) in [5.41, 5.74) is 8.61. The van der Waals surface area contributed by atoms with Crippen molar-refractivity contribution in [2.24, 2.45) is 5.41 Å². The number of amides is 2. The fourth-order valence-electron chi connectivity index (χ4n) is 3.47. The molecular weight excluding hydrogens is 463 g/mol. The number of nitrogens with zero attached hydrogens (tertiary/aromatic N) is 4. The third kappa shape index (κ3) is 4.90. The summed E-state index contributed by atoms with van der Waals surface area (Å²) in [5.74, 6) is 0.493. The number of hydrogen-bond acceptors (Lipinski definition) is 6. The monoisotopic (exact) mass is 484 g/mol. The summed E-state index contributed by atoms with van der Waals surface area (Å²) in [4.78, 5) is 23.1. The van der Waals surface area contributed by atoms with Gasteiger partial charge in [0, 0.05) is 16.3 Å². The molecule has 2 heterocycles. The number of allylic oxidation sites excluding steroid dienone is 3. The highest BCUT2D eigenvalue weighted by molar-refractivity contribution is 6.37. The van der Waals surface area contributed by atoms with Crippen molar-refractivity contribution in [3.63, 3.8) is 0 Å². The fraction of sp³-hybridized carbons (Fsp3) is 0.304. The smallest absolute Gasteiger partial charge is 0.322 e. The van der Waals surface area contributed by atoms with Crippen molar-refractivity contribution in [2.75, 3.05) is 12.3 Å². The minimum absolute atomic E-state index is 0.0678. The molecule has 0 bridgehead atoms. The van der Waals surface area contributed by atoms with Crippen molar-refractivity contribution < 1.29 is 9.53 Å². The number of nitrogens with two attached hydrogens (primary N) is 1. The maximum absolute atomic E-state index is 12.7. The van der Waals surface area contributed by atoms with E-state index in [2.05, 4.69) is 21.4 Å². The molecule has 0 saturated heterocycles. The summed E-state index contributed by atoms with van der Waals surface area (Å²) >= 11 is 12.8. The number of hydrogen-bond donors (Lipinski definition) is 2. The normalized spacial score (nSPS) is 14.3. The van der Waals surface area contributed by atoms with Crippen molar-refractivity contribution in [3.05, 3.63) is 57.4 Å². The Kier molecular flexibility index (Phi) is 6.19. The van der Waals surface area contributed by atoms with Gasteiger partial charge in [0.1, 0.15) is 5.75 Å². The van der Waals surface area contributed by atoms with Gasteiger partial charge in [-0.15, -0.1) is 0 Å². The van der Waals surface area contributed by atoms with Gasteiger partial charge in [0.25, 0.3) is 0 Å². The summed E-state index contributed by atoms with van der Waals surface area (Å²) in [5, 5.41) is 12.8. The Morgan fingerprint density at radius 3 is 2.76 bits per heavy atom. The number of rotatable bonds is 6. The molecule has 4 rings (SSSR count). The SMILES string of the molecule is CC(C)(C#N)CCOc1cc(Cl)cc(Cl)c1-c1nc(N)nc2c1CN(C(=O)NC1=CC=C1)C2. The minimum atomic E-state index is -0.540. The van der Waals surface area contributed by atoms with Crippen LogP contribution in [0.15, 0.2) is 36.1 Å². The average Bonchev–Trinajstić information content (AvgIpc) is 3.14. The van der Waals surface area contributed by atoms with E-state index < -0.39 is 5.41 Å². The topological polar surface area (TPSA) is 117 Å². The molecule has 3 N–H and O–H groups in total. The number of anilines is 1. The molecule has 0 spiro atoms. The highest BCUT2D eigenvalue weighted by Crippen LogP contribution is 2.42. The third-order valence-corrected chi connectivity index (χ3v) is 5.95. The number of benzene rings is 1. The lowest BCUT2D eigenvalue weighted by Crippen LogP contribution is -2.36. The van der Waals surface area contributed by atoms with Gasteiger partial charge in [-0.05, 0) is 44.6 Å². The van der Waals surface area contributed by atoms with Crippen LogP contribution in [-0.4, -0.2) is 27.5 Å². The van der Waals surface area contributed by atoms with E-state index in [-0.39, 0.29) is 31.7 Å². The molecule has 0 fully saturated rings. The van der Waals surface area contributed by atoms with Crippen LogP contribution in [-0.2, 0) is 13.1 Å². The van der Waals surface area contributed by atoms with Crippen LogP contribution >= 0.6 is 23.2 Å². The Morgan fingerprint density at radius 1 is 1.33 bits per heavy atom. The van der Waals surface area contributed by atoms with Gasteiger partial charge in [0.2, 0.25) is 5.95 Å². The van der Waals surface area contributed by atoms with E-state index in [9.17, 15) is 10.1 Å². The van der Waals surface area contributed by atoms with Crippen molar-refractivity contribution >= 4 is 35.2 Å². The number of aromatic nitrogens is 2. The quantitative estimate of drug-likeness (QED) is 0.605. The van der Waals surface area contributed by atoms with Gasteiger partial charge in [-0.25, -0.2) is 14.8 Å². The van der Waals surface area contributed by atoms with E-state index in [1.165, 1.54) is 0 Å². The lowest BCUT2D eigenvalue weighted by Gasteiger charge is -2.19. The zero-order valence-corrected chi connectivity index (χ0v) is 19.7. The minimum Gasteiger partial charge on any atom is -0.493 e.